The van der Waals surface area contributed by atoms with Crippen molar-refractivity contribution in [2.45, 2.75) is 12.5 Å². The molecule has 1 unspecified atom stereocenters. The average molecular weight is 163 g/mol. The normalized spacial score (nSPS) is 13.5. The minimum absolute atomic E-state index is 0.0995. The van der Waals surface area contributed by atoms with Gasteiger partial charge in [-0.05, 0) is 6.42 Å². The maximum absolute atomic E-state index is 10.2. The summed E-state index contributed by atoms with van der Waals surface area (Å²) < 4.78 is 0. The highest BCUT2D eigenvalue weighted by Gasteiger charge is 2.17. The first kappa shape index (κ1) is 10.3. The molecule has 0 aromatic heterocycles. The summed E-state index contributed by atoms with van der Waals surface area (Å²) >= 11 is 0. The van der Waals surface area contributed by atoms with Crippen LogP contribution in [0.5, 0.6) is 0 Å². The Kier molecular flexibility index (Phi) is 4.76. The van der Waals surface area contributed by atoms with Crippen LogP contribution in [0, 0.1) is 5.92 Å². The Morgan fingerprint density at radius 1 is 1.36 bits per heavy atom. The highest BCUT2D eigenvalue weighted by Crippen LogP contribution is 2.03. The zero-order chi connectivity index (χ0) is 8.85. The largest absolute Gasteiger partial charge is 0.480 e. The van der Waals surface area contributed by atoms with Gasteiger partial charge in [-0.3, -0.25) is 4.79 Å². The van der Waals surface area contributed by atoms with Crippen LogP contribution in [-0.4, -0.2) is 40.5 Å². The van der Waals surface area contributed by atoms with Crippen molar-refractivity contribution in [3.63, 3.8) is 0 Å². The highest BCUT2D eigenvalue weighted by atomic mass is 16.4. The molecule has 0 bridgehead atoms. The summed E-state index contributed by atoms with van der Waals surface area (Å²) in [6.07, 6.45) is 0.0995. The molecule has 0 saturated carbocycles. The second kappa shape index (κ2) is 5.06. The summed E-state index contributed by atoms with van der Waals surface area (Å²) in [7, 11) is 0. The number of hydrogen-bond donors (Lipinski definition) is 4. The van der Waals surface area contributed by atoms with Crippen molar-refractivity contribution >= 4 is 5.97 Å². The first-order valence-corrected chi connectivity index (χ1v) is 3.32. The van der Waals surface area contributed by atoms with Gasteiger partial charge in [0, 0.05) is 19.1 Å². The maximum Gasteiger partial charge on any atom is 0.320 e. The van der Waals surface area contributed by atoms with Crippen LogP contribution < -0.4 is 5.73 Å². The van der Waals surface area contributed by atoms with Gasteiger partial charge in [0.2, 0.25) is 0 Å². The lowest BCUT2D eigenvalue weighted by atomic mass is 10.0. The molecular formula is C6H13NO4. The predicted octanol–water partition coefficient (Wildman–Crippen LogP) is -1.61. The molecule has 0 spiro atoms. The van der Waals surface area contributed by atoms with E-state index < -0.39 is 17.9 Å². The molecule has 0 aliphatic heterocycles. The van der Waals surface area contributed by atoms with E-state index in [4.69, 9.17) is 21.1 Å². The van der Waals surface area contributed by atoms with Crippen LogP contribution in [0.15, 0.2) is 0 Å². The lowest BCUT2D eigenvalue weighted by Gasteiger charge is -2.12. The van der Waals surface area contributed by atoms with Gasteiger partial charge in [0.1, 0.15) is 6.04 Å². The van der Waals surface area contributed by atoms with E-state index in [1.165, 1.54) is 0 Å². The molecule has 5 nitrogen and oxygen atoms in total. The number of aliphatic carboxylic acids is 1. The quantitative estimate of drug-likeness (QED) is 0.390. The fourth-order valence-corrected chi connectivity index (χ4v) is 0.667. The SMILES string of the molecule is NC(CC(CO)CO)C(=O)O. The van der Waals surface area contributed by atoms with Crippen molar-refractivity contribution in [2.24, 2.45) is 11.7 Å². The summed E-state index contributed by atoms with van der Waals surface area (Å²) in [4.78, 5) is 10.2. The highest BCUT2D eigenvalue weighted by molar-refractivity contribution is 5.73. The lowest BCUT2D eigenvalue weighted by Crippen LogP contribution is -2.34. The molecule has 0 fully saturated rings. The molecule has 0 amide bonds. The fraction of sp³-hybridized carbons (Fsp3) is 0.833. The minimum atomic E-state index is -1.11. The van der Waals surface area contributed by atoms with Crippen LogP contribution in [0.4, 0.5) is 0 Å². The van der Waals surface area contributed by atoms with E-state index in [0.717, 1.165) is 0 Å². The van der Waals surface area contributed by atoms with Crippen LogP contribution in [0.1, 0.15) is 6.42 Å². The number of carboxylic acids is 1. The van der Waals surface area contributed by atoms with Gasteiger partial charge in [0.25, 0.3) is 0 Å². The molecule has 5 N–H and O–H groups in total. The second-order valence-electron chi connectivity index (χ2n) is 2.41. The molecule has 11 heavy (non-hydrogen) atoms. The molecule has 0 aromatic rings. The molecule has 66 valence electrons. The fourth-order valence-electron chi connectivity index (χ4n) is 0.667. The Hall–Kier alpha value is -0.650. The third-order valence-electron chi connectivity index (χ3n) is 1.42. The minimum Gasteiger partial charge on any atom is -0.480 e. The Morgan fingerprint density at radius 3 is 2.09 bits per heavy atom. The lowest BCUT2D eigenvalue weighted by molar-refractivity contribution is -0.139. The summed E-state index contributed by atoms with van der Waals surface area (Å²) in [5.74, 6) is -1.54. The van der Waals surface area contributed by atoms with Crippen molar-refractivity contribution < 1.29 is 20.1 Å². The van der Waals surface area contributed by atoms with E-state index in [-0.39, 0.29) is 19.6 Å². The van der Waals surface area contributed by atoms with Gasteiger partial charge in [-0.15, -0.1) is 0 Å². The van der Waals surface area contributed by atoms with E-state index in [2.05, 4.69) is 0 Å². The standard InChI is InChI=1S/C6H13NO4/c7-5(6(10)11)1-4(2-8)3-9/h4-5,8-9H,1-3,7H2,(H,10,11). The maximum atomic E-state index is 10.2. The summed E-state index contributed by atoms with van der Waals surface area (Å²) in [6, 6.07) is -1.00. The number of carboxylic acid groups (broad SMARTS) is 1. The number of aliphatic hydroxyl groups is 2. The molecular weight excluding hydrogens is 150 g/mol. The molecule has 0 heterocycles. The van der Waals surface area contributed by atoms with Gasteiger partial charge in [0.15, 0.2) is 0 Å². The van der Waals surface area contributed by atoms with E-state index in [9.17, 15) is 4.79 Å². The molecule has 0 rings (SSSR count). The number of nitrogens with two attached hydrogens (primary N) is 1. The third kappa shape index (κ3) is 3.92. The van der Waals surface area contributed by atoms with Gasteiger partial charge in [-0.25, -0.2) is 0 Å². The molecule has 0 radical (unpaired) electrons. The average Bonchev–Trinajstić information content (AvgIpc) is 1.99. The van der Waals surface area contributed by atoms with E-state index in [0.29, 0.717) is 0 Å². The Morgan fingerprint density at radius 2 is 1.82 bits per heavy atom. The topological polar surface area (TPSA) is 104 Å². The molecule has 5 heteroatoms. The Balaban J connectivity index is 3.71. The second-order valence-corrected chi connectivity index (χ2v) is 2.41. The van der Waals surface area contributed by atoms with Crippen LogP contribution >= 0.6 is 0 Å². The van der Waals surface area contributed by atoms with Crippen molar-refractivity contribution in [1.82, 2.24) is 0 Å². The van der Waals surface area contributed by atoms with Crippen LogP contribution in [0.3, 0.4) is 0 Å². The van der Waals surface area contributed by atoms with E-state index in [1.807, 2.05) is 0 Å². The molecule has 0 aliphatic carbocycles. The summed E-state index contributed by atoms with van der Waals surface area (Å²) in [5, 5.41) is 25.4. The monoisotopic (exact) mass is 163 g/mol. The molecule has 1 atom stereocenters. The van der Waals surface area contributed by atoms with Gasteiger partial charge >= 0.3 is 5.97 Å². The van der Waals surface area contributed by atoms with E-state index in [1.54, 1.807) is 0 Å². The molecule has 0 aromatic carbocycles. The number of aliphatic hydroxyl groups excluding tert-OH is 2. The number of hydrogen-bond acceptors (Lipinski definition) is 4. The number of carbonyl (C=O) groups is 1. The summed E-state index contributed by atoms with van der Waals surface area (Å²) in [5.41, 5.74) is 5.15. The third-order valence-corrected chi connectivity index (χ3v) is 1.42. The smallest absolute Gasteiger partial charge is 0.320 e. The van der Waals surface area contributed by atoms with Crippen molar-refractivity contribution in [1.29, 1.82) is 0 Å². The molecule has 0 aliphatic rings. The zero-order valence-corrected chi connectivity index (χ0v) is 6.10. The Labute approximate surface area is 64.4 Å². The zero-order valence-electron chi connectivity index (χ0n) is 6.10. The van der Waals surface area contributed by atoms with Gasteiger partial charge in [-0.1, -0.05) is 0 Å². The van der Waals surface area contributed by atoms with Crippen LogP contribution in [0.2, 0.25) is 0 Å². The van der Waals surface area contributed by atoms with Crippen LogP contribution in [0.25, 0.3) is 0 Å². The van der Waals surface area contributed by atoms with Gasteiger partial charge in [0.05, 0.1) is 0 Å². The van der Waals surface area contributed by atoms with Crippen molar-refractivity contribution in [3.05, 3.63) is 0 Å². The summed E-state index contributed by atoms with van der Waals surface area (Å²) in [6.45, 7) is -0.477. The van der Waals surface area contributed by atoms with Crippen LogP contribution in [-0.2, 0) is 4.79 Å². The first-order valence-electron chi connectivity index (χ1n) is 3.32. The van der Waals surface area contributed by atoms with Crippen molar-refractivity contribution in [2.75, 3.05) is 13.2 Å². The first-order chi connectivity index (χ1) is 5.11. The van der Waals surface area contributed by atoms with Crippen molar-refractivity contribution in [3.8, 4) is 0 Å². The van der Waals surface area contributed by atoms with E-state index >= 15 is 0 Å². The van der Waals surface area contributed by atoms with Gasteiger partial charge in [-0.2, -0.15) is 0 Å². The number of rotatable bonds is 5. The Bertz CT molecular complexity index is 124. The molecule has 0 saturated heterocycles. The predicted molar refractivity (Wildman–Crippen MR) is 37.9 cm³/mol. The van der Waals surface area contributed by atoms with Gasteiger partial charge < -0.3 is 21.1 Å².